The number of methoxy groups -OCH3 is 1. The molecular weight excluding hydrogens is 448 g/mol. The van der Waals surface area contributed by atoms with Crippen LogP contribution in [0.15, 0.2) is 65.6 Å². The molecule has 0 aliphatic rings. The molecule has 8 nitrogen and oxygen atoms in total. The zero-order valence-corrected chi connectivity index (χ0v) is 19.4. The van der Waals surface area contributed by atoms with Gasteiger partial charge >= 0.3 is 5.97 Å². The number of phenols is 2. The first kappa shape index (κ1) is 23.8. The number of pyridine rings is 2. The van der Waals surface area contributed by atoms with Crippen molar-refractivity contribution in [1.82, 2.24) is 9.55 Å². The molecule has 35 heavy (non-hydrogen) atoms. The number of hydrogen-bond donors (Lipinski definition) is 3. The second-order valence-electron chi connectivity index (χ2n) is 8.40. The second-order valence-corrected chi connectivity index (χ2v) is 8.40. The number of esters is 1. The summed E-state index contributed by atoms with van der Waals surface area (Å²) in [7, 11) is 1.28. The Balaban J connectivity index is 1.78. The Morgan fingerprint density at radius 2 is 1.83 bits per heavy atom. The summed E-state index contributed by atoms with van der Waals surface area (Å²) >= 11 is 0. The van der Waals surface area contributed by atoms with E-state index >= 15 is 0 Å². The maximum absolute atomic E-state index is 13.7. The lowest BCUT2D eigenvalue weighted by Gasteiger charge is -2.21. The summed E-state index contributed by atoms with van der Waals surface area (Å²) < 4.78 is 6.42. The number of aryl methyl sites for hydroxylation is 2. The molecule has 0 bridgehead atoms. The molecule has 8 heteroatoms. The Bertz CT molecular complexity index is 1460. The van der Waals surface area contributed by atoms with E-state index in [1.165, 1.54) is 29.9 Å². The van der Waals surface area contributed by atoms with Crippen LogP contribution in [0, 0.1) is 6.92 Å². The van der Waals surface area contributed by atoms with E-state index < -0.39 is 17.4 Å². The number of phenolic OH excluding ortho intramolecular Hbond substituents is 2. The SMILES string of the molecule is COC(=O)C[C@H](c1ccc2ncccc2c1)c1c(O)cc(C)n(CCc2ccc(O)c(O)c2)c1=O. The molecule has 2 heterocycles. The van der Waals surface area contributed by atoms with E-state index in [0.717, 1.165) is 16.5 Å². The van der Waals surface area contributed by atoms with Gasteiger partial charge in [-0.05, 0) is 60.9 Å². The fraction of sp³-hybridized carbons (Fsp3) is 0.222. The van der Waals surface area contributed by atoms with E-state index in [0.29, 0.717) is 17.7 Å². The second kappa shape index (κ2) is 9.89. The Hall–Kier alpha value is -4.33. The number of hydrogen-bond acceptors (Lipinski definition) is 7. The number of ether oxygens (including phenoxy) is 1. The van der Waals surface area contributed by atoms with Crippen LogP contribution in [0.25, 0.3) is 10.9 Å². The van der Waals surface area contributed by atoms with Crippen LogP contribution in [0.1, 0.15) is 34.7 Å². The summed E-state index contributed by atoms with van der Waals surface area (Å²) in [4.78, 5) is 30.3. The van der Waals surface area contributed by atoms with Gasteiger partial charge in [0.05, 0.1) is 24.6 Å². The van der Waals surface area contributed by atoms with Crippen molar-refractivity contribution in [2.75, 3.05) is 7.11 Å². The van der Waals surface area contributed by atoms with Gasteiger partial charge in [0.2, 0.25) is 0 Å². The van der Waals surface area contributed by atoms with E-state index in [1.807, 2.05) is 18.2 Å². The van der Waals surface area contributed by atoms with Crippen molar-refractivity contribution in [2.24, 2.45) is 0 Å². The molecule has 0 aliphatic heterocycles. The number of aromatic hydroxyl groups is 3. The Morgan fingerprint density at radius 1 is 1.03 bits per heavy atom. The average molecular weight is 475 g/mol. The van der Waals surface area contributed by atoms with Crippen LogP contribution in [0.4, 0.5) is 0 Å². The quantitative estimate of drug-likeness (QED) is 0.275. The third kappa shape index (κ3) is 4.96. The summed E-state index contributed by atoms with van der Waals surface area (Å²) in [6.07, 6.45) is 1.97. The fourth-order valence-electron chi connectivity index (χ4n) is 4.29. The minimum absolute atomic E-state index is 0.109. The van der Waals surface area contributed by atoms with Crippen molar-refractivity contribution in [3.05, 3.63) is 93.5 Å². The number of carbonyl (C=O) groups is 1. The van der Waals surface area contributed by atoms with Crippen LogP contribution >= 0.6 is 0 Å². The minimum atomic E-state index is -0.732. The molecule has 180 valence electrons. The molecule has 0 spiro atoms. The van der Waals surface area contributed by atoms with Gasteiger partial charge in [-0.15, -0.1) is 0 Å². The maximum atomic E-state index is 13.7. The summed E-state index contributed by atoms with van der Waals surface area (Å²) in [5, 5.41) is 31.0. The molecule has 4 rings (SSSR count). The highest BCUT2D eigenvalue weighted by Crippen LogP contribution is 2.34. The Labute approximate surface area is 201 Å². The molecule has 2 aromatic carbocycles. The van der Waals surface area contributed by atoms with Gasteiger partial charge in [-0.25, -0.2) is 0 Å². The van der Waals surface area contributed by atoms with Crippen molar-refractivity contribution < 1.29 is 24.9 Å². The highest BCUT2D eigenvalue weighted by Gasteiger charge is 2.27. The third-order valence-electron chi connectivity index (χ3n) is 6.16. The van der Waals surface area contributed by atoms with Crippen molar-refractivity contribution in [2.45, 2.75) is 32.2 Å². The molecule has 0 radical (unpaired) electrons. The normalized spacial score (nSPS) is 11.9. The van der Waals surface area contributed by atoms with Crippen molar-refractivity contribution in [1.29, 1.82) is 0 Å². The lowest BCUT2D eigenvalue weighted by Crippen LogP contribution is -2.29. The van der Waals surface area contributed by atoms with Crippen LogP contribution < -0.4 is 5.56 Å². The lowest BCUT2D eigenvalue weighted by molar-refractivity contribution is -0.140. The van der Waals surface area contributed by atoms with Crippen molar-refractivity contribution in [3.8, 4) is 17.2 Å². The summed E-state index contributed by atoms with van der Waals surface area (Å²) in [5.41, 5.74) is 2.44. The predicted molar refractivity (Wildman–Crippen MR) is 131 cm³/mol. The van der Waals surface area contributed by atoms with E-state index in [9.17, 15) is 24.9 Å². The van der Waals surface area contributed by atoms with Crippen molar-refractivity contribution in [3.63, 3.8) is 0 Å². The number of benzene rings is 2. The van der Waals surface area contributed by atoms with Gasteiger partial charge < -0.3 is 24.6 Å². The van der Waals surface area contributed by atoms with E-state index in [4.69, 9.17) is 4.74 Å². The lowest BCUT2D eigenvalue weighted by atomic mass is 9.87. The van der Waals surface area contributed by atoms with Gasteiger partial charge in [-0.1, -0.05) is 18.2 Å². The maximum Gasteiger partial charge on any atom is 0.306 e. The number of rotatable bonds is 7. The van der Waals surface area contributed by atoms with Gasteiger partial charge in [-0.2, -0.15) is 0 Å². The summed E-state index contributed by atoms with van der Waals surface area (Å²) in [6, 6.07) is 15.2. The first-order valence-corrected chi connectivity index (χ1v) is 11.1. The van der Waals surface area contributed by atoms with Crippen LogP contribution in [-0.4, -0.2) is 37.9 Å². The van der Waals surface area contributed by atoms with E-state index in [1.54, 1.807) is 31.3 Å². The van der Waals surface area contributed by atoms with Gasteiger partial charge in [0, 0.05) is 29.7 Å². The van der Waals surface area contributed by atoms with Crippen LogP contribution in [0.3, 0.4) is 0 Å². The first-order valence-electron chi connectivity index (χ1n) is 11.1. The molecule has 3 N–H and O–H groups in total. The molecular formula is C27H26N2O6. The predicted octanol–water partition coefficient (Wildman–Crippen LogP) is 3.76. The Morgan fingerprint density at radius 3 is 2.57 bits per heavy atom. The van der Waals surface area contributed by atoms with Gasteiger partial charge in [0.15, 0.2) is 11.5 Å². The Kier molecular flexibility index (Phi) is 6.73. The minimum Gasteiger partial charge on any atom is -0.507 e. The molecule has 0 aliphatic carbocycles. The molecule has 2 aromatic heterocycles. The smallest absolute Gasteiger partial charge is 0.306 e. The van der Waals surface area contributed by atoms with E-state index in [2.05, 4.69) is 4.98 Å². The number of aromatic nitrogens is 2. The first-order chi connectivity index (χ1) is 16.8. The van der Waals surface area contributed by atoms with Crippen LogP contribution in [-0.2, 0) is 22.5 Å². The standard InChI is InChI=1S/C27H26N2O6/c1-16-12-24(32)26(27(34)29(16)11-9-17-5-8-22(30)23(31)13-17)20(15-25(33)35-2)18-6-7-21-19(14-18)4-3-10-28-21/h3-8,10,12-14,20,30-32H,9,11,15H2,1-2H3/t20-/m1/s1. The monoisotopic (exact) mass is 474 g/mol. The molecule has 0 unspecified atom stereocenters. The molecule has 0 saturated heterocycles. The fourth-order valence-corrected chi connectivity index (χ4v) is 4.29. The highest BCUT2D eigenvalue weighted by molar-refractivity contribution is 5.80. The zero-order valence-electron chi connectivity index (χ0n) is 19.4. The summed E-state index contributed by atoms with van der Waals surface area (Å²) in [5.74, 6) is -1.88. The number of nitrogens with zero attached hydrogens (tertiary/aromatic N) is 2. The van der Waals surface area contributed by atoms with Gasteiger partial charge in [0.25, 0.3) is 5.56 Å². The highest BCUT2D eigenvalue weighted by atomic mass is 16.5. The van der Waals surface area contributed by atoms with Gasteiger partial charge in [-0.3, -0.25) is 14.6 Å². The topological polar surface area (TPSA) is 122 Å². The van der Waals surface area contributed by atoms with Gasteiger partial charge in [0.1, 0.15) is 5.75 Å². The van der Waals surface area contributed by atoms with E-state index in [-0.39, 0.29) is 35.8 Å². The molecule has 0 saturated carbocycles. The third-order valence-corrected chi connectivity index (χ3v) is 6.16. The summed E-state index contributed by atoms with van der Waals surface area (Å²) in [6.45, 7) is 1.99. The number of fused-ring (bicyclic) bond motifs is 1. The molecule has 4 aromatic rings. The molecule has 0 amide bonds. The van der Waals surface area contributed by atoms with Crippen LogP contribution in [0.5, 0.6) is 17.2 Å². The van der Waals surface area contributed by atoms with Crippen LogP contribution in [0.2, 0.25) is 0 Å². The van der Waals surface area contributed by atoms with Crippen molar-refractivity contribution >= 4 is 16.9 Å². The largest absolute Gasteiger partial charge is 0.507 e. The zero-order chi connectivity index (χ0) is 25.1. The molecule has 1 atom stereocenters. The number of carbonyl (C=O) groups excluding carboxylic acids is 1. The molecule has 0 fully saturated rings. The average Bonchev–Trinajstić information content (AvgIpc) is 2.84.